The van der Waals surface area contributed by atoms with Crippen LogP contribution in [0.5, 0.6) is 0 Å². The summed E-state index contributed by atoms with van der Waals surface area (Å²) in [4.78, 5) is 24.9. The van der Waals surface area contributed by atoms with Crippen molar-refractivity contribution in [2.45, 2.75) is 13.8 Å². The molecule has 0 radical (unpaired) electrons. The van der Waals surface area contributed by atoms with Crippen molar-refractivity contribution < 1.29 is 9.59 Å². The van der Waals surface area contributed by atoms with E-state index in [-0.39, 0.29) is 11.5 Å². The zero-order valence-corrected chi connectivity index (χ0v) is 16.1. The molecule has 0 aliphatic heterocycles. The van der Waals surface area contributed by atoms with Gasteiger partial charge in [0.2, 0.25) is 0 Å². The third-order valence-electron chi connectivity index (χ3n) is 4.42. The second-order valence-electron chi connectivity index (χ2n) is 6.46. The number of para-hydroxylation sites is 1. The number of carbonyl (C=O) groups is 2. The minimum absolute atomic E-state index is 0.0245. The van der Waals surface area contributed by atoms with E-state index in [9.17, 15) is 14.9 Å². The Hall–Kier alpha value is -4.11. The highest BCUT2D eigenvalue weighted by Gasteiger charge is 2.15. The highest BCUT2D eigenvalue weighted by Crippen LogP contribution is 2.18. The molecule has 6 heteroatoms. The number of carbonyl (C=O) groups excluding carboxylic acids is 2. The summed E-state index contributed by atoms with van der Waals surface area (Å²) in [6.45, 7) is 3.65. The molecule has 0 fully saturated rings. The molecule has 1 aromatic heterocycles. The summed E-state index contributed by atoms with van der Waals surface area (Å²) < 4.78 is 1.64. The molecule has 0 saturated heterocycles. The number of nitriles is 1. The monoisotopic (exact) mass is 384 g/mol. The lowest BCUT2D eigenvalue weighted by Gasteiger charge is -2.11. The summed E-state index contributed by atoms with van der Waals surface area (Å²) in [6, 6.07) is 21.6. The van der Waals surface area contributed by atoms with E-state index in [4.69, 9.17) is 0 Å². The van der Waals surface area contributed by atoms with Crippen molar-refractivity contribution in [2.75, 3.05) is 10.7 Å². The number of nitrogens with zero attached hydrogens (tertiary/aromatic N) is 2. The summed E-state index contributed by atoms with van der Waals surface area (Å²) in [6.07, 6.45) is 1.52. The fraction of sp³-hybridized carbons (Fsp3) is 0.0870. The molecule has 2 aromatic carbocycles. The van der Waals surface area contributed by atoms with Gasteiger partial charge in [0.25, 0.3) is 11.8 Å². The van der Waals surface area contributed by atoms with Gasteiger partial charge >= 0.3 is 0 Å². The Morgan fingerprint density at radius 1 is 1.00 bits per heavy atom. The van der Waals surface area contributed by atoms with Crippen molar-refractivity contribution in [3.05, 3.63) is 94.8 Å². The fourth-order valence-electron chi connectivity index (χ4n) is 2.89. The van der Waals surface area contributed by atoms with Crippen LogP contribution in [-0.4, -0.2) is 16.5 Å². The molecule has 0 aliphatic carbocycles. The number of nitrogens with one attached hydrogen (secondary N) is 2. The molecule has 3 rings (SSSR count). The second kappa shape index (κ2) is 8.72. The van der Waals surface area contributed by atoms with Gasteiger partial charge in [-0.1, -0.05) is 36.4 Å². The Bertz CT molecular complexity index is 1110. The van der Waals surface area contributed by atoms with Gasteiger partial charge in [-0.05, 0) is 55.8 Å². The number of aromatic nitrogens is 1. The first kappa shape index (κ1) is 19.6. The first-order chi connectivity index (χ1) is 14.0. The maximum atomic E-state index is 12.5. The van der Waals surface area contributed by atoms with Gasteiger partial charge in [-0.25, -0.2) is 0 Å². The summed E-state index contributed by atoms with van der Waals surface area (Å²) in [7, 11) is 0. The molecule has 144 valence electrons. The number of aryl methyl sites for hydroxylation is 1. The van der Waals surface area contributed by atoms with Gasteiger partial charge in [-0.15, -0.1) is 0 Å². The van der Waals surface area contributed by atoms with Crippen LogP contribution >= 0.6 is 0 Å². The van der Waals surface area contributed by atoms with Crippen LogP contribution < -0.4 is 10.7 Å². The Morgan fingerprint density at radius 3 is 2.24 bits per heavy atom. The molecule has 1 heterocycles. The van der Waals surface area contributed by atoms with Gasteiger partial charge in [0.05, 0.1) is 0 Å². The standard InChI is InChI=1S/C23H20N4O2/c1-16-13-19(14-20(15-24)22(28)25-21-11-7-4-8-12-21)17(2)27(16)26-23(29)18-9-5-3-6-10-18/h3-14H,1-2H3,(H,25,28)(H,26,29)/b20-14-. The first-order valence-corrected chi connectivity index (χ1v) is 9.03. The summed E-state index contributed by atoms with van der Waals surface area (Å²) in [5, 5.41) is 12.1. The minimum Gasteiger partial charge on any atom is -0.321 e. The van der Waals surface area contributed by atoms with Gasteiger partial charge in [-0.2, -0.15) is 5.26 Å². The molecule has 29 heavy (non-hydrogen) atoms. The van der Waals surface area contributed by atoms with E-state index < -0.39 is 5.91 Å². The molecule has 6 nitrogen and oxygen atoms in total. The summed E-state index contributed by atoms with van der Waals surface area (Å²) in [5.74, 6) is -0.734. The highest BCUT2D eigenvalue weighted by atomic mass is 16.2. The number of hydrogen-bond donors (Lipinski definition) is 2. The molecule has 2 amide bonds. The quantitative estimate of drug-likeness (QED) is 0.514. The second-order valence-corrected chi connectivity index (χ2v) is 6.46. The van der Waals surface area contributed by atoms with Crippen molar-refractivity contribution in [1.82, 2.24) is 4.68 Å². The van der Waals surface area contributed by atoms with Crippen molar-refractivity contribution in [3.63, 3.8) is 0 Å². The van der Waals surface area contributed by atoms with Gasteiger partial charge in [0, 0.05) is 22.6 Å². The molecule has 0 aliphatic rings. The normalized spacial score (nSPS) is 10.9. The maximum Gasteiger partial charge on any atom is 0.270 e. The van der Waals surface area contributed by atoms with E-state index >= 15 is 0 Å². The van der Waals surface area contributed by atoms with E-state index in [1.165, 1.54) is 6.08 Å². The molecule has 3 aromatic rings. The van der Waals surface area contributed by atoms with E-state index in [0.29, 0.717) is 22.5 Å². The largest absolute Gasteiger partial charge is 0.321 e. The third kappa shape index (κ3) is 4.60. The van der Waals surface area contributed by atoms with Crippen LogP contribution in [0, 0.1) is 25.2 Å². The summed E-state index contributed by atoms with van der Waals surface area (Å²) in [5.41, 5.74) is 6.13. The van der Waals surface area contributed by atoms with Gasteiger partial charge in [0.1, 0.15) is 11.6 Å². The smallest absolute Gasteiger partial charge is 0.270 e. The lowest BCUT2D eigenvalue weighted by atomic mass is 10.1. The number of amides is 2. The van der Waals surface area contributed by atoms with Gasteiger partial charge in [-0.3, -0.25) is 19.7 Å². The predicted octanol–water partition coefficient (Wildman–Crippen LogP) is 4.03. The Kier molecular flexibility index (Phi) is 5.91. The Morgan fingerprint density at radius 2 is 1.62 bits per heavy atom. The number of rotatable bonds is 5. The van der Waals surface area contributed by atoms with E-state index in [2.05, 4.69) is 10.7 Å². The average molecular weight is 384 g/mol. The van der Waals surface area contributed by atoms with E-state index in [0.717, 1.165) is 5.69 Å². The van der Waals surface area contributed by atoms with Crippen LogP contribution in [0.4, 0.5) is 5.69 Å². The number of hydrogen-bond acceptors (Lipinski definition) is 3. The number of benzene rings is 2. The molecule has 2 N–H and O–H groups in total. The highest BCUT2D eigenvalue weighted by molar-refractivity contribution is 6.09. The third-order valence-corrected chi connectivity index (χ3v) is 4.42. The predicted molar refractivity (Wildman–Crippen MR) is 113 cm³/mol. The molecule has 0 bridgehead atoms. The van der Waals surface area contributed by atoms with Crippen LogP contribution in [0.1, 0.15) is 27.3 Å². The van der Waals surface area contributed by atoms with Gasteiger partial charge < -0.3 is 5.32 Å². The van der Waals surface area contributed by atoms with Crippen molar-refractivity contribution >= 4 is 23.6 Å². The molecule has 0 spiro atoms. The molecular formula is C23H20N4O2. The zero-order chi connectivity index (χ0) is 20.8. The fourth-order valence-corrected chi connectivity index (χ4v) is 2.89. The van der Waals surface area contributed by atoms with E-state index in [1.807, 2.05) is 38.1 Å². The van der Waals surface area contributed by atoms with Crippen molar-refractivity contribution in [3.8, 4) is 6.07 Å². The lowest BCUT2D eigenvalue weighted by Crippen LogP contribution is -2.24. The lowest BCUT2D eigenvalue weighted by molar-refractivity contribution is -0.112. The van der Waals surface area contributed by atoms with Crippen LogP contribution in [0.3, 0.4) is 0 Å². The van der Waals surface area contributed by atoms with E-state index in [1.54, 1.807) is 53.2 Å². The molecule has 0 atom stereocenters. The molecule has 0 unspecified atom stereocenters. The van der Waals surface area contributed by atoms with Crippen LogP contribution in [0.15, 0.2) is 72.3 Å². The Labute approximate surface area is 169 Å². The maximum absolute atomic E-state index is 12.5. The SMILES string of the molecule is Cc1cc(/C=C(/C#N)C(=O)Nc2ccccc2)c(C)n1NC(=O)c1ccccc1. The average Bonchev–Trinajstić information content (AvgIpc) is 3.00. The molecular weight excluding hydrogens is 364 g/mol. The summed E-state index contributed by atoms with van der Waals surface area (Å²) >= 11 is 0. The van der Waals surface area contributed by atoms with Crippen LogP contribution in [-0.2, 0) is 4.79 Å². The molecule has 0 saturated carbocycles. The van der Waals surface area contributed by atoms with Gasteiger partial charge in [0.15, 0.2) is 0 Å². The minimum atomic E-state index is -0.489. The van der Waals surface area contributed by atoms with Crippen molar-refractivity contribution in [1.29, 1.82) is 5.26 Å². The number of anilines is 1. The van der Waals surface area contributed by atoms with Crippen molar-refractivity contribution in [2.24, 2.45) is 0 Å². The van der Waals surface area contributed by atoms with Crippen LogP contribution in [0.2, 0.25) is 0 Å². The first-order valence-electron chi connectivity index (χ1n) is 9.03. The topological polar surface area (TPSA) is 86.9 Å². The zero-order valence-electron chi connectivity index (χ0n) is 16.1. The Balaban J connectivity index is 1.83. The van der Waals surface area contributed by atoms with Crippen LogP contribution in [0.25, 0.3) is 6.08 Å².